The molecule has 154 valence electrons. The number of hydrogen-bond donors (Lipinski definition) is 3. The van der Waals surface area contributed by atoms with E-state index in [0.717, 1.165) is 64.9 Å². The molecule has 1 aromatic carbocycles. The van der Waals surface area contributed by atoms with Crippen LogP contribution in [0.25, 0.3) is 0 Å². The summed E-state index contributed by atoms with van der Waals surface area (Å²) in [7, 11) is 0. The molecule has 27 heavy (non-hydrogen) atoms. The number of para-hydroxylation sites is 1. The fourth-order valence-corrected chi connectivity index (χ4v) is 2.97. The maximum Gasteiger partial charge on any atom is 0.191 e. The molecule has 0 aliphatic carbocycles. The van der Waals surface area contributed by atoms with Gasteiger partial charge >= 0.3 is 0 Å². The molecular weight excluding hydrogens is 453 g/mol. The fraction of sp³-hybridized carbons (Fsp3) is 0.650. The van der Waals surface area contributed by atoms with Crippen LogP contribution in [-0.4, -0.2) is 68.9 Å². The van der Waals surface area contributed by atoms with E-state index in [4.69, 9.17) is 9.73 Å². The van der Waals surface area contributed by atoms with Crippen molar-refractivity contribution in [1.29, 1.82) is 0 Å². The van der Waals surface area contributed by atoms with E-state index >= 15 is 0 Å². The lowest BCUT2D eigenvalue weighted by Crippen LogP contribution is -2.52. The minimum atomic E-state index is 0. The molecule has 0 bridgehead atoms. The van der Waals surface area contributed by atoms with Crippen molar-refractivity contribution in [2.45, 2.75) is 32.7 Å². The lowest BCUT2D eigenvalue weighted by atomic mass is 10.0. The number of aliphatic imine (C=N–C) groups is 1. The van der Waals surface area contributed by atoms with E-state index in [0.29, 0.717) is 0 Å². The zero-order valence-corrected chi connectivity index (χ0v) is 19.3. The molecule has 0 unspecified atom stereocenters. The highest BCUT2D eigenvalue weighted by atomic mass is 127. The van der Waals surface area contributed by atoms with Crippen molar-refractivity contribution in [2.24, 2.45) is 4.99 Å². The average Bonchev–Trinajstić information content (AvgIpc) is 2.67. The number of morpholine rings is 1. The van der Waals surface area contributed by atoms with E-state index in [-0.39, 0.29) is 29.5 Å². The highest BCUT2D eigenvalue weighted by Gasteiger charge is 2.27. The van der Waals surface area contributed by atoms with Crippen LogP contribution < -0.4 is 16.0 Å². The normalized spacial score (nSPS) is 15.7. The van der Waals surface area contributed by atoms with Gasteiger partial charge in [-0.05, 0) is 39.3 Å². The monoisotopic (exact) mass is 489 g/mol. The molecule has 2 rings (SSSR count). The third-order valence-electron chi connectivity index (χ3n) is 4.58. The maximum atomic E-state index is 5.46. The topological polar surface area (TPSA) is 60.9 Å². The first-order valence-electron chi connectivity index (χ1n) is 9.76. The molecule has 6 nitrogen and oxygen atoms in total. The van der Waals surface area contributed by atoms with Crippen molar-refractivity contribution in [3.8, 4) is 0 Å². The summed E-state index contributed by atoms with van der Waals surface area (Å²) < 4.78 is 5.46. The van der Waals surface area contributed by atoms with E-state index in [2.05, 4.69) is 53.8 Å². The van der Waals surface area contributed by atoms with Crippen molar-refractivity contribution in [3.63, 3.8) is 0 Å². The minimum absolute atomic E-state index is 0. The van der Waals surface area contributed by atoms with Crippen molar-refractivity contribution >= 4 is 35.6 Å². The zero-order chi connectivity index (χ0) is 18.7. The van der Waals surface area contributed by atoms with E-state index < -0.39 is 0 Å². The van der Waals surface area contributed by atoms with Gasteiger partial charge in [0.15, 0.2) is 5.96 Å². The summed E-state index contributed by atoms with van der Waals surface area (Å²) in [5.74, 6) is 0.897. The van der Waals surface area contributed by atoms with Gasteiger partial charge in [0.2, 0.25) is 0 Å². The highest BCUT2D eigenvalue weighted by molar-refractivity contribution is 14.0. The van der Waals surface area contributed by atoms with Crippen LogP contribution in [0.3, 0.4) is 0 Å². The second-order valence-electron chi connectivity index (χ2n) is 7.18. The summed E-state index contributed by atoms with van der Waals surface area (Å²) in [6, 6.07) is 10.3. The molecule has 0 atom stereocenters. The number of benzene rings is 1. The van der Waals surface area contributed by atoms with Gasteiger partial charge in [-0.25, -0.2) is 0 Å². The van der Waals surface area contributed by atoms with Crippen LogP contribution in [0.5, 0.6) is 0 Å². The Morgan fingerprint density at radius 3 is 2.48 bits per heavy atom. The third kappa shape index (κ3) is 9.12. The first-order chi connectivity index (χ1) is 12.6. The molecular formula is C20H36IN5O. The lowest BCUT2D eigenvalue weighted by molar-refractivity contribution is -0.00683. The number of ether oxygens (including phenoxy) is 1. The quantitative estimate of drug-likeness (QED) is 0.216. The van der Waals surface area contributed by atoms with Gasteiger partial charge in [-0.1, -0.05) is 18.2 Å². The van der Waals surface area contributed by atoms with Crippen LogP contribution in [0.2, 0.25) is 0 Å². The first-order valence-corrected chi connectivity index (χ1v) is 9.76. The van der Waals surface area contributed by atoms with E-state index in [9.17, 15) is 0 Å². The molecule has 1 aromatic rings. The zero-order valence-electron chi connectivity index (χ0n) is 17.0. The van der Waals surface area contributed by atoms with Gasteiger partial charge in [-0.2, -0.15) is 0 Å². The Hall–Kier alpha value is -1.06. The fourth-order valence-electron chi connectivity index (χ4n) is 2.97. The van der Waals surface area contributed by atoms with Gasteiger partial charge in [0, 0.05) is 44.0 Å². The molecule has 0 spiro atoms. The van der Waals surface area contributed by atoms with Gasteiger partial charge in [0.1, 0.15) is 0 Å². The Balaban J connectivity index is 0.00000364. The van der Waals surface area contributed by atoms with E-state index in [1.165, 1.54) is 5.69 Å². The second kappa shape index (κ2) is 13.2. The van der Waals surface area contributed by atoms with Crippen LogP contribution in [-0.2, 0) is 4.74 Å². The summed E-state index contributed by atoms with van der Waals surface area (Å²) >= 11 is 0. The third-order valence-corrected chi connectivity index (χ3v) is 4.58. The summed E-state index contributed by atoms with van der Waals surface area (Å²) in [6.07, 6.45) is 1.03. The SMILES string of the molecule is CCNC(=NCC(C)(C)N1CCOCC1)NCCCNc1ccccc1.I. The molecule has 1 fully saturated rings. The number of nitrogens with one attached hydrogen (secondary N) is 3. The summed E-state index contributed by atoms with van der Waals surface area (Å²) in [6.45, 7) is 13.7. The Morgan fingerprint density at radius 2 is 1.81 bits per heavy atom. The first kappa shape index (κ1) is 24.0. The molecule has 0 saturated carbocycles. The van der Waals surface area contributed by atoms with Crippen molar-refractivity contribution in [2.75, 3.05) is 57.8 Å². The molecule has 7 heteroatoms. The molecule has 1 aliphatic rings. The van der Waals surface area contributed by atoms with Crippen molar-refractivity contribution in [1.82, 2.24) is 15.5 Å². The predicted octanol–water partition coefficient (Wildman–Crippen LogP) is 2.77. The summed E-state index contributed by atoms with van der Waals surface area (Å²) in [5.41, 5.74) is 1.21. The standard InChI is InChI=1S/C20H35N5O.HI/c1-4-21-19(23-12-8-11-22-18-9-6-5-7-10-18)24-17-20(2,3)25-13-15-26-16-14-25;/h5-7,9-10,22H,4,8,11-17H2,1-3H3,(H2,21,23,24);1H. The smallest absolute Gasteiger partial charge is 0.191 e. The van der Waals surface area contributed by atoms with E-state index in [1.807, 2.05) is 18.2 Å². The predicted molar refractivity (Wildman–Crippen MR) is 125 cm³/mol. The van der Waals surface area contributed by atoms with E-state index in [1.54, 1.807) is 0 Å². The van der Waals surface area contributed by atoms with Crippen molar-refractivity contribution < 1.29 is 4.74 Å². The molecule has 3 N–H and O–H groups in total. The summed E-state index contributed by atoms with van der Waals surface area (Å²) in [5, 5.41) is 10.2. The van der Waals surface area contributed by atoms with Gasteiger partial charge in [-0.15, -0.1) is 24.0 Å². The van der Waals surface area contributed by atoms with Crippen LogP contribution in [0.15, 0.2) is 35.3 Å². The Labute approximate surface area is 181 Å². The number of anilines is 1. The second-order valence-corrected chi connectivity index (χ2v) is 7.18. The molecule has 1 aliphatic heterocycles. The number of guanidine groups is 1. The molecule has 0 radical (unpaired) electrons. The van der Waals surface area contributed by atoms with Gasteiger partial charge in [0.25, 0.3) is 0 Å². The molecule has 0 aromatic heterocycles. The number of nitrogens with zero attached hydrogens (tertiary/aromatic N) is 2. The minimum Gasteiger partial charge on any atom is -0.385 e. The van der Waals surface area contributed by atoms with Crippen molar-refractivity contribution in [3.05, 3.63) is 30.3 Å². The number of hydrogen-bond acceptors (Lipinski definition) is 4. The van der Waals surface area contributed by atoms with Gasteiger partial charge in [0.05, 0.1) is 19.8 Å². The molecule has 0 amide bonds. The van der Waals surface area contributed by atoms with Crippen LogP contribution in [0, 0.1) is 0 Å². The van der Waals surface area contributed by atoms with Crippen LogP contribution in [0.1, 0.15) is 27.2 Å². The summed E-state index contributed by atoms with van der Waals surface area (Å²) in [4.78, 5) is 7.27. The average molecular weight is 489 g/mol. The Bertz CT molecular complexity index is 532. The highest BCUT2D eigenvalue weighted by Crippen LogP contribution is 2.16. The van der Waals surface area contributed by atoms with Gasteiger partial charge < -0.3 is 20.7 Å². The molecule has 1 heterocycles. The Kier molecular flexibility index (Phi) is 11.7. The van der Waals surface area contributed by atoms with Crippen LogP contribution in [0.4, 0.5) is 5.69 Å². The Morgan fingerprint density at radius 1 is 1.11 bits per heavy atom. The van der Waals surface area contributed by atoms with Gasteiger partial charge in [-0.3, -0.25) is 9.89 Å². The lowest BCUT2D eigenvalue weighted by Gasteiger charge is -2.39. The van der Waals surface area contributed by atoms with Crippen LogP contribution >= 0.6 is 24.0 Å². The maximum absolute atomic E-state index is 5.46. The number of halogens is 1. The largest absolute Gasteiger partial charge is 0.385 e. The molecule has 1 saturated heterocycles. The number of rotatable bonds is 9.